The molecule has 0 spiro atoms. The molecule has 0 aliphatic rings. The molecule has 0 bridgehead atoms. The maximum Gasteiger partial charge on any atom is 0.305 e. The molecule has 0 aromatic heterocycles. The molecule has 0 heterocycles. The second-order valence-corrected chi connectivity index (χ2v) is 5.17. The lowest BCUT2D eigenvalue weighted by Gasteiger charge is -2.12. The average Bonchev–Trinajstić information content (AvgIpc) is 2.44. The molecule has 1 N–H and O–H groups in total. The van der Waals surface area contributed by atoms with E-state index in [0.29, 0.717) is 19.6 Å². The van der Waals surface area contributed by atoms with Crippen LogP contribution in [0.4, 0.5) is 0 Å². The molecule has 4 nitrogen and oxygen atoms in total. The Balaban J connectivity index is 2.22. The third-order valence-electron chi connectivity index (χ3n) is 3.27. The SMILES string of the molecule is CCOC(=O)CCCCCOc1ccc([C@@H](C)O)cc1C. The van der Waals surface area contributed by atoms with Crippen LogP contribution in [0.1, 0.15) is 56.8 Å². The van der Waals surface area contributed by atoms with Crippen molar-refractivity contribution in [3.05, 3.63) is 29.3 Å². The number of benzene rings is 1. The van der Waals surface area contributed by atoms with Gasteiger partial charge in [-0.05, 0) is 63.3 Å². The first-order chi connectivity index (χ1) is 10.0. The molecular weight excluding hydrogens is 268 g/mol. The predicted molar refractivity (Wildman–Crippen MR) is 82.4 cm³/mol. The highest BCUT2D eigenvalue weighted by Crippen LogP contribution is 2.22. The third-order valence-corrected chi connectivity index (χ3v) is 3.27. The first-order valence-corrected chi connectivity index (χ1v) is 7.61. The zero-order chi connectivity index (χ0) is 15.7. The normalized spacial score (nSPS) is 12.0. The number of aliphatic hydroxyl groups excluding tert-OH is 1. The molecule has 0 fully saturated rings. The van der Waals surface area contributed by atoms with Gasteiger partial charge in [-0.3, -0.25) is 4.79 Å². The van der Waals surface area contributed by atoms with Gasteiger partial charge < -0.3 is 14.6 Å². The Morgan fingerprint density at radius 1 is 1.29 bits per heavy atom. The quantitative estimate of drug-likeness (QED) is 0.559. The Labute approximate surface area is 127 Å². The summed E-state index contributed by atoms with van der Waals surface area (Å²) in [6.45, 7) is 6.62. The Morgan fingerprint density at radius 3 is 2.67 bits per heavy atom. The predicted octanol–water partition coefficient (Wildman–Crippen LogP) is 3.55. The number of esters is 1. The van der Waals surface area contributed by atoms with Crippen molar-refractivity contribution in [3.63, 3.8) is 0 Å². The van der Waals surface area contributed by atoms with Crippen molar-refractivity contribution in [1.29, 1.82) is 0 Å². The summed E-state index contributed by atoms with van der Waals surface area (Å²) in [5, 5.41) is 9.52. The van der Waals surface area contributed by atoms with E-state index in [0.717, 1.165) is 36.1 Å². The van der Waals surface area contributed by atoms with Crippen molar-refractivity contribution < 1.29 is 19.4 Å². The fraction of sp³-hybridized carbons (Fsp3) is 0.588. The van der Waals surface area contributed by atoms with Crippen LogP contribution in [0.5, 0.6) is 5.75 Å². The highest BCUT2D eigenvalue weighted by atomic mass is 16.5. The van der Waals surface area contributed by atoms with Gasteiger partial charge in [0.25, 0.3) is 0 Å². The van der Waals surface area contributed by atoms with Crippen LogP contribution >= 0.6 is 0 Å². The number of aliphatic hydroxyl groups is 1. The number of aryl methyl sites for hydroxylation is 1. The lowest BCUT2D eigenvalue weighted by molar-refractivity contribution is -0.143. The molecule has 0 unspecified atom stereocenters. The number of hydrogen-bond donors (Lipinski definition) is 1. The van der Waals surface area contributed by atoms with Crippen LogP contribution in [-0.4, -0.2) is 24.3 Å². The van der Waals surface area contributed by atoms with Gasteiger partial charge in [-0.2, -0.15) is 0 Å². The lowest BCUT2D eigenvalue weighted by Crippen LogP contribution is -2.04. The molecular formula is C17H26O4. The van der Waals surface area contributed by atoms with Gasteiger partial charge in [-0.25, -0.2) is 0 Å². The number of ether oxygens (including phenoxy) is 2. The number of rotatable bonds is 9. The summed E-state index contributed by atoms with van der Waals surface area (Å²) in [5.74, 6) is 0.729. The summed E-state index contributed by atoms with van der Waals surface area (Å²) in [5.41, 5.74) is 1.93. The fourth-order valence-electron chi connectivity index (χ4n) is 2.06. The largest absolute Gasteiger partial charge is 0.493 e. The molecule has 0 amide bonds. The summed E-state index contributed by atoms with van der Waals surface area (Å²) in [6.07, 6.45) is 2.72. The first-order valence-electron chi connectivity index (χ1n) is 7.61. The van der Waals surface area contributed by atoms with Crippen molar-refractivity contribution in [3.8, 4) is 5.75 Å². The van der Waals surface area contributed by atoms with Crippen LogP contribution in [0, 0.1) is 6.92 Å². The number of hydrogen-bond acceptors (Lipinski definition) is 4. The van der Waals surface area contributed by atoms with Gasteiger partial charge in [0.1, 0.15) is 5.75 Å². The summed E-state index contributed by atoms with van der Waals surface area (Å²) < 4.78 is 10.6. The van der Waals surface area contributed by atoms with Crippen molar-refractivity contribution in [1.82, 2.24) is 0 Å². The van der Waals surface area contributed by atoms with E-state index in [1.165, 1.54) is 0 Å². The molecule has 1 rings (SSSR count). The summed E-state index contributed by atoms with van der Waals surface area (Å²) >= 11 is 0. The summed E-state index contributed by atoms with van der Waals surface area (Å²) in [4.78, 5) is 11.2. The minimum absolute atomic E-state index is 0.122. The van der Waals surface area contributed by atoms with E-state index in [9.17, 15) is 9.90 Å². The van der Waals surface area contributed by atoms with Crippen LogP contribution in [0.3, 0.4) is 0 Å². The summed E-state index contributed by atoms with van der Waals surface area (Å²) in [7, 11) is 0. The molecule has 21 heavy (non-hydrogen) atoms. The number of carbonyl (C=O) groups excluding carboxylic acids is 1. The molecule has 0 saturated heterocycles. The maximum atomic E-state index is 11.2. The second-order valence-electron chi connectivity index (χ2n) is 5.17. The van der Waals surface area contributed by atoms with Crippen LogP contribution in [-0.2, 0) is 9.53 Å². The van der Waals surface area contributed by atoms with Crippen LogP contribution in [0.2, 0.25) is 0 Å². The van der Waals surface area contributed by atoms with Crippen molar-refractivity contribution in [2.75, 3.05) is 13.2 Å². The Kier molecular flexibility index (Phi) is 7.83. The lowest BCUT2D eigenvalue weighted by atomic mass is 10.1. The Bertz CT molecular complexity index is 440. The molecule has 1 aromatic carbocycles. The standard InChI is InChI=1S/C17H26O4/c1-4-20-17(19)8-6-5-7-11-21-16-10-9-15(14(3)18)12-13(16)2/h9-10,12,14,18H,4-8,11H2,1-3H3/t14-/m1/s1. The first kappa shape index (κ1) is 17.5. The molecule has 0 saturated carbocycles. The van der Waals surface area contributed by atoms with Gasteiger partial charge in [0, 0.05) is 6.42 Å². The van der Waals surface area contributed by atoms with E-state index < -0.39 is 6.10 Å². The van der Waals surface area contributed by atoms with Gasteiger partial charge in [0.15, 0.2) is 0 Å². The van der Waals surface area contributed by atoms with Crippen molar-refractivity contribution in [2.24, 2.45) is 0 Å². The van der Waals surface area contributed by atoms with Crippen LogP contribution in [0.25, 0.3) is 0 Å². The molecule has 118 valence electrons. The molecule has 0 aliphatic heterocycles. The molecule has 1 aromatic rings. The molecule has 0 aliphatic carbocycles. The summed E-state index contributed by atoms with van der Waals surface area (Å²) in [6, 6.07) is 5.73. The molecule has 0 radical (unpaired) electrons. The van der Waals surface area contributed by atoms with E-state index in [1.54, 1.807) is 6.92 Å². The third kappa shape index (κ3) is 6.63. The maximum absolute atomic E-state index is 11.2. The van der Waals surface area contributed by atoms with Gasteiger partial charge in [0.05, 0.1) is 19.3 Å². The number of carbonyl (C=O) groups is 1. The molecule has 1 atom stereocenters. The van der Waals surface area contributed by atoms with Crippen LogP contribution in [0.15, 0.2) is 18.2 Å². The zero-order valence-electron chi connectivity index (χ0n) is 13.2. The highest BCUT2D eigenvalue weighted by molar-refractivity contribution is 5.69. The smallest absolute Gasteiger partial charge is 0.305 e. The monoisotopic (exact) mass is 294 g/mol. The Morgan fingerprint density at radius 2 is 2.05 bits per heavy atom. The second kappa shape index (κ2) is 9.40. The van der Waals surface area contributed by atoms with E-state index in [2.05, 4.69) is 0 Å². The minimum Gasteiger partial charge on any atom is -0.493 e. The van der Waals surface area contributed by atoms with Crippen LogP contribution < -0.4 is 4.74 Å². The highest BCUT2D eigenvalue weighted by Gasteiger charge is 2.05. The van der Waals surface area contributed by atoms with E-state index >= 15 is 0 Å². The van der Waals surface area contributed by atoms with E-state index in [4.69, 9.17) is 9.47 Å². The zero-order valence-corrected chi connectivity index (χ0v) is 13.2. The fourth-order valence-corrected chi connectivity index (χ4v) is 2.06. The van der Waals surface area contributed by atoms with Gasteiger partial charge in [-0.15, -0.1) is 0 Å². The topological polar surface area (TPSA) is 55.8 Å². The van der Waals surface area contributed by atoms with Crippen molar-refractivity contribution >= 4 is 5.97 Å². The van der Waals surface area contributed by atoms with E-state index in [-0.39, 0.29) is 5.97 Å². The van der Waals surface area contributed by atoms with E-state index in [1.807, 2.05) is 32.0 Å². The minimum atomic E-state index is -0.458. The number of unbranched alkanes of at least 4 members (excludes halogenated alkanes) is 2. The van der Waals surface area contributed by atoms with Crippen molar-refractivity contribution in [2.45, 2.75) is 52.6 Å². The van der Waals surface area contributed by atoms with Gasteiger partial charge in [-0.1, -0.05) is 6.07 Å². The van der Waals surface area contributed by atoms with Gasteiger partial charge in [0.2, 0.25) is 0 Å². The average molecular weight is 294 g/mol. The molecule has 4 heteroatoms. The Hall–Kier alpha value is -1.55. The van der Waals surface area contributed by atoms with Gasteiger partial charge >= 0.3 is 5.97 Å².